The lowest BCUT2D eigenvalue weighted by molar-refractivity contribution is 0.0662. The summed E-state index contributed by atoms with van der Waals surface area (Å²) in [6, 6.07) is 2.03. The van der Waals surface area contributed by atoms with Crippen LogP contribution in [0.2, 0.25) is 0 Å². The van der Waals surface area contributed by atoms with Crippen LogP contribution in [-0.2, 0) is 13.1 Å². The molecule has 2 aliphatic rings. The zero-order chi connectivity index (χ0) is 18.4. The number of fused-ring (bicyclic) bond motifs is 1. The van der Waals surface area contributed by atoms with Crippen LogP contribution in [-0.4, -0.2) is 66.0 Å². The zero-order valence-electron chi connectivity index (χ0n) is 15.3. The highest BCUT2D eigenvalue weighted by Crippen LogP contribution is 2.33. The lowest BCUT2D eigenvalue weighted by atomic mass is 10.1. The molecule has 9 heteroatoms. The van der Waals surface area contributed by atoms with E-state index in [4.69, 9.17) is 4.52 Å². The Kier molecular flexibility index (Phi) is 4.28. The third-order valence-corrected chi connectivity index (χ3v) is 5.19. The van der Waals surface area contributed by atoms with Crippen molar-refractivity contribution >= 4 is 5.91 Å². The van der Waals surface area contributed by atoms with Gasteiger partial charge in [0, 0.05) is 31.7 Å². The van der Waals surface area contributed by atoms with Crippen molar-refractivity contribution in [1.82, 2.24) is 29.7 Å². The quantitative estimate of drug-likeness (QED) is 0.862. The molecule has 4 heterocycles. The number of aliphatic hydroxyl groups excluding tert-OH is 1. The van der Waals surface area contributed by atoms with Crippen molar-refractivity contribution in [2.24, 2.45) is 0 Å². The highest BCUT2D eigenvalue weighted by Gasteiger charge is 2.38. The molecule has 0 aliphatic carbocycles. The molecular weight excluding hydrogens is 336 g/mol. The Morgan fingerprint density at radius 1 is 1.35 bits per heavy atom. The van der Waals surface area contributed by atoms with Crippen molar-refractivity contribution in [3.8, 4) is 0 Å². The molecule has 0 aromatic carbocycles. The standard InChI is InChI=1S/C17H24N6O3/c1-10(2)23-8-12(24)7-13(23)16-19-18-15-9-21(4-5-22(15)16)17(25)14-6-11(3)20-26-14/h6,10,12-13,24H,4-5,7-9H2,1-3H3/t12-,13-/m0/s1. The van der Waals surface area contributed by atoms with Gasteiger partial charge in [-0.15, -0.1) is 10.2 Å². The minimum Gasteiger partial charge on any atom is -0.392 e. The zero-order valence-corrected chi connectivity index (χ0v) is 15.3. The van der Waals surface area contributed by atoms with Crippen molar-refractivity contribution in [1.29, 1.82) is 0 Å². The Labute approximate surface area is 151 Å². The first-order chi connectivity index (χ1) is 12.4. The lowest BCUT2D eigenvalue weighted by Gasteiger charge is -2.30. The number of amides is 1. The average Bonchev–Trinajstić information content (AvgIpc) is 3.31. The molecule has 1 saturated heterocycles. The maximum atomic E-state index is 12.6. The molecule has 0 spiro atoms. The van der Waals surface area contributed by atoms with E-state index < -0.39 is 0 Å². The van der Waals surface area contributed by atoms with Crippen molar-refractivity contribution in [3.05, 3.63) is 29.2 Å². The largest absolute Gasteiger partial charge is 0.392 e. The third-order valence-electron chi connectivity index (χ3n) is 5.19. The molecule has 0 unspecified atom stereocenters. The van der Waals surface area contributed by atoms with Crippen molar-refractivity contribution in [2.75, 3.05) is 13.1 Å². The average molecular weight is 360 g/mol. The summed E-state index contributed by atoms with van der Waals surface area (Å²) in [6.07, 6.45) is 0.322. The van der Waals surface area contributed by atoms with Gasteiger partial charge in [-0.1, -0.05) is 5.16 Å². The Bertz CT molecular complexity index is 813. The predicted molar refractivity (Wildman–Crippen MR) is 91.2 cm³/mol. The fourth-order valence-corrected chi connectivity index (χ4v) is 3.88. The molecule has 2 aliphatic heterocycles. The number of likely N-dealkylation sites (tertiary alicyclic amines) is 1. The van der Waals surface area contributed by atoms with Gasteiger partial charge >= 0.3 is 0 Å². The van der Waals surface area contributed by atoms with Crippen molar-refractivity contribution in [2.45, 2.75) is 58.5 Å². The Morgan fingerprint density at radius 3 is 2.85 bits per heavy atom. The number of β-amino-alcohol motifs (C(OH)–C–C–N with tert-alkyl or cyclic N) is 1. The number of carbonyl (C=O) groups excluding carboxylic acids is 1. The van der Waals surface area contributed by atoms with E-state index in [1.807, 2.05) is 0 Å². The molecule has 1 amide bonds. The third kappa shape index (κ3) is 2.90. The number of hydrogen-bond acceptors (Lipinski definition) is 7. The fourth-order valence-electron chi connectivity index (χ4n) is 3.88. The highest BCUT2D eigenvalue weighted by molar-refractivity contribution is 5.91. The van der Waals surface area contributed by atoms with Gasteiger partial charge in [0.1, 0.15) is 0 Å². The summed E-state index contributed by atoms with van der Waals surface area (Å²) in [4.78, 5) is 16.5. The number of hydrogen-bond donors (Lipinski definition) is 1. The van der Waals surface area contributed by atoms with E-state index >= 15 is 0 Å². The molecule has 140 valence electrons. The molecule has 4 rings (SSSR count). The Morgan fingerprint density at radius 2 is 2.15 bits per heavy atom. The van der Waals surface area contributed by atoms with Crippen molar-refractivity contribution < 1.29 is 14.4 Å². The molecule has 2 aromatic heterocycles. The van der Waals surface area contributed by atoms with Crippen LogP contribution in [0.1, 0.15) is 54.2 Å². The first-order valence-corrected chi connectivity index (χ1v) is 9.02. The molecular formula is C17H24N6O3. The van der Waals surface area contributed by atoms with E-state index in [0.717, 1.165) is 11.6 Å². The SMILES string of the molecule is Cc1cc(C(=O)N2CCn3c(nnc3[C@@H]3C[C@H](O)CN3C(C)C)C2)on1. The number of nitrogens with zero attached hydrogens (tertiary/aromatic N) is 6. The van der Waals surface area contributed by atoms with Crippen LogP contribution in [0.15, 0.2) is 10.6 Å². The summed E-state index contributed by atoms with van der Waals surface area (Å²) in [5, 5.41) is 22.6. The van der Waals surface area contributed by atoms with E-state index in [1.165, 1.54) is 0 Å². The minimum atomic E-state index is -0.341. The topological polar surface area (TPSA) is 101 Å². The van der Waals surface area contributed by atoms with Gasteiger partial charge in [-0.05, 0) is 27.2 Å². The smallest absolute Gasteiger partial charge is 0.292 e. The molecule has 2 aromatic rings. The molecule has 0 radical (unpaired) electrons. The van der Waals surface area contributed by atoms with Crippen LogP contribution in [0.3, 0.4) is 0 Å². The second-order valence-electron chi connectivity index (χ2n) is 7.38. The van der Waals surface area contributed by atoms with E-state index in [1.54, 1.807) is 17.9 Å². The Hall–Kier alpha value is -2.26. The van der Waals surface area contributed by atoms with Gasteiger partial charge in [-0.25, -0.2) is 0 Å². The maximum Gasteiger partial charge on any atom is 0.292 e. The van der Waals surface area contributed by atoms with Gasteiger partial charge in [0.25, 0.3) is 5.91 Å². The van der Waals surface area contributed by atoms with Crippen LogP contribution >= 0.6 is 0 Å². The van der Waals surface area contributed by atoms with Crippen LogP contribution < -0.4 is 0 Å². The molecule has 1 N–H and O–H groups in total. The predicted octanol–water partition coefficient (Wildman–Crippen LogP) is 0.747. The van der Waals surface area contributed by atoms with E-state index in [2.05, 4.69) is 38.7 Å². The summed E-state index contributed by atoms with van der Waals surface area (Å²) in [5.74, 6) is 1.72. The van der Waals surface area contributed by atoms with E-state index in [-0.39, 0.29) is 23.8 Å². The number of carbonyl (C=O) groups is 1. The van der Waals surface area contributed by atoms with Crippen LogP contribution in [0.25, 0.3) is 0 Å². The molecule has 1 fully saturated rings. The number of aliphatic hydroxyl groups is 1. The fraction of sp³-hybridized carbons (Fsp3) is 0.647. The minimum absolute atomic E-state index is 0.0606. The Balaban J connectivity index is 1.54. The van der Waals surface area contributed by atoms with Gasteiger partial charge in [-0.3, -0.25) is 9.69 Å². The highest BCUT2D eigenvalue weighted by atomic mass is 16.5. The first-order valence-electron chi connectivity index (χ1n) is 9.02. The summed E-state index contributed by atoms with van der Waals surface area (Å²) >= 11 is 0. The van der Waals surface area contributed by atoms with E-state index in [0.29, 0.717) is 44.3 Å². The van der Waals surface area contributed by atoms with Gasteiger partial charge in [-0.2, -0.15) is 0 Å². The van der Waals surface area contributed by atoms with E-state index in [9.17, 15) is 9.90 Å². The lowest BCUT2D eigenvalue weighted by Crippen LogP contribution is -2.39. The van der Waals surface area contributed by atoms with Gasteiger partial charge in [0.05, 0.1) is 24.4 Å². The first kappa shape index (κ1) is 17.2. The second kappa shape index (κ2) is 6.48. The molecule has 9 nitrogen and oxygen atoms in total. The number of rotatable bonds is 3. The molecule has 2 atom stereocenters. The van der Waals surface area contributed by atoms with Crippen molar-refractivity contribution in [3.63, 3.8) is 0 Å². The maximum absolute atomic E-state index is 12.6. The van der Waals surface area contributed by atoms with Crippen LogP contribution in [0.5, 0.6) is 0 Å². The van der Waals surface area contributed by atoms with Gasteiger partial charge in [0.2, 0.25) is 5.76 Å². The second-order valence-corrected chi connectivity index (χ2v) is 7.38. The summed E-state index contributed by atoms with van der Waals surface area (Å²) < 4.78 is 7.18. The monoisotopic (exact) mass is 360 g/mol. The summed E-state index contributed by atoms with van der Waals surface area (Å²) in [7, 11) is 0. The summed E-state index contributed by atoms with van der Waals surface area (Å²) in [5.41, 5.74) is 0.685. The van der Waals surface area contributed by atoms with Crippen LogP contribution in [0, 0.1) is 6.92 Å². The van der Waals surface area contributed by atoms with Gasteiger partial charge < -0.3 is 19.1 Å². The molecule has 0 bridgehead atoms. The number of aromatic nitrogens is 4. The van der Waals surface area contributed by atoms with Crippen LogP contribution in [0.4, 0.5) is 0 Å². The normalized spacial score (nSPS) is 23.7. The molecule has 0 saturated carbocycles. The van der Waals surface area contributed by atoms with Gasteiger partial charge in [0.15, 0.2) is 11.6 Å². The number of aryl methyl sites for hydroxylation is 1. The summed E-state index contributed by atoms with van der Waals surface area (Å²) in [6.45, 7) is 8.28. The molecule has 26 heavy (non-hydrogen) atoms.